The highest BCUT2D eigenvalue weighted by molar-refractivity contribution is 6.06. The number of benzene rings is 1. The number of aromatic nitrogens is 1. The highest BCUT2D eigenvalue weighted by Crippen LogP contribution is 2.31. The number of methoxy groups -OCH3 is 3. The second-order valence-electron chi connectivity index (χ2n) is 4.08. The van der Waals surface area contributed by atoms with Gasteiger partial charge in [-0.25, -0.2) is 4.98 Å². The third-order valence-electron chi connectivity index (χ3n) is 2.85. The molecule has 2 rings (SSSR count). The molecule has 2 aromatic rings. The summed E-state index contributed by atoms with van der Waals surface area (Å²) in [6, 6.07) is 8.48. The van der Waals surface area contributed by atoms with Gasteiger partial charge in [0.2, 0.25) is 5.88 Å². The fraction of sp³-hybridized carbons (Fsp3) is 0.200. The number of hydrogen-bond donors (Lipinski definition) is 1. The number of anilines is 1. The van der Waals surface area contributed by atoms with Crippen molar-refractivity contribution in [2.24, 2.45) is 0 Å². The molecule has 0 saturated heterocycles. The maximum atomic E-state index is 12.3. The number of para-hydroxylation sites is 1. The van der Waals surface area contributed by atoms with Crippen LogP contribution in [-0.4, -0.2) is 32.2 Å². The van der Waals surface area contributed by atoms with Gasteiger partial charge in [0.1, 0.15) is 0 Å². The molecule has 0 fully saturated rings. The summed E-state index contributed by atoms with van der Waals surface area (Å²) in [5.41, 5.74) is 0.943. The molecule has 0 unspecified atom stereocenters. The minimum atomic E-state index is -0.308. The van der Waals surface area contributed by atoms with Crippen LogP contribution in [0, 0.1) is 0 Å². The van der Waals surface area contributed by atoms with Crippen LogP contribution in [0.25, 0.3) is 0 Å². The van der Waals surface area contributed by atoms with E-state index in [1.54, 1.807) is 30.3 Å². The van der Waals surface area contributed by atoms with Crippen LogP contribution in [0.2, 0.25) is 0 Å². The van der Waals surface area contributed by atoms with Crippen molar-refractivity contribution in [2.75, 3.05) is 26.6 Å². The van der Waals surface area contributed by atoms with E-state index < -0.39 is 0 Å². The molecule has 1 amide bonds. The monoisotopic (exact) mass is 288 g/mol. The van der Waals surface area contributed by atoms with Crippen LogP contribution in [-0.2, 0) is 0 Å². The van der Waals surface area contributed by atoms with Gasteiger partial charge in [-0.3, -0.25) is 4.79 Å². The molecule has 0 aliphatic rings. The first-order valence-electron chi connectivity index (χ1n) is 6.22. The Bertz CT molecular complexity index is 626. The van der Waals surface area contributed by atoms with Gasteiger partial charge in [-0.05, 0) is 18.2 Å². The third kappa shape index (κ3) is 3.22. The van der Waals surface area contributed by atoms with E-state index in [1.165, 1.54) is 27.5 Å². The molecule has 0 spiro atoms. The van der Waals surface area contributed by atoms with E-state index in [0.29, 0.717) is 28.6 Å². The van der Waals surface area contributed by atoms with E-state index >= 15 is 0 Å². The first-order valence-corrected chi connectivity index (χ1v) is 6.22. The Hall–Kier alpha value is -2.76. The summed E-state index contributed by atoms with van der Waals surface area (Å²) >= 11 is 0. The van der Waals surface area contributed by atoms with Crippen molar-refractivity contribution in [3.63, 3.8) is 0 Å². The second kappa shape index (κ2) is 6.60. The number of hydrogen-bond acceptors (Lipinski definition) is 5. The Balaban J connectivity index is 2.23. The zero-order valence-electron chi connectivity index (χ0n) is 12.0. The molecule has 0 aliphatic carbocycles. The molecule has 0 bridgehead atoms. The van der Waals surface area contributed by atoms with E-state index in [9.17, 15) is 4.79 Å². The lowest BCUT2D eigenvalue weighted by molar-refractivity contribution is 0.102. The summed E-state index contributed by atoms with van der Waals surface area (Å²) in [5, 5.41) is 2.74. The summed E-state index contributed by atoms with van der Waals surface area (Å²) in [7, 11) is 4.54. The molecule has 1 aromatic heterocycles. The third-order valence-corrected chi connectivity index (χ3v) is 2.85. The average molecular weight is 288 g/mol. The van der Waals surface area contributed by atoms with E-state index in [0.717, 1.165) is 0 Å². The summed E-state index contributed by atoms with van der Waals surface area (Å²) in [6.45, 7) is 0. The van der Waals surface area contributed by atoms with E-state index in [2.05, 4.69) is 10.3 Å². The summed E-state index contributed by atoms with van der Waals surface area (Å²) < 4.78 is 15.4. The molecule has 6 heteroatoms. The highest BCUT2D eigenvalue weighted by Gasteiger charge is 2.16. The van der Waals surface area contributed by atoms with Gasteiger partial charge in [0.25, 0.3) is 5.91 Å². The highest BCUT2D eigenvalue weighted by atomic mass is 16.5. The molecule has 0 atom stereocenters. The second-order valence-corrected chi connectivity index (χ2v) is 4.08. The molecule has 21 heavy (non-hydrogen) atoms. The standard InChI is InChI=1S/C15H16N2O4/c1-19-12-6-4-5-11(14(12)21-3)15(18)17-10-7-8-13(20-2)16-9-10/h4-9H,1-3H3,(H,17,18). The van der Waals surface area contributed by atoms with Crippen molar-refractivity contribution in [1.82, 2.24) is 4.98 Å². The summed E-state index contributed by atoms with van der Waals surface area (Å²) in [6.07, 6.45) is 1.52. The maximum Gasteiger partial charge on any atom is 0.259 e. The number of carbonyl (C=O) groups excluding carboxylic acids is 1. The van der Waals surface area contributed by atoms with Crippen molar-refractivity contribution in [3.8, 4) is 17.4 Å². The Labute approximate surface area is 122 Å². The van der Waals surface area contributed by atoms with Crippen LogP contribution in [0.3, 0.4) is 0 Å². The van der Waals surface area contributed by atoms with Gasteiger partial charge in [-0.15, -0.1) is 0 Å². The lowest BCUT2D eigenvalue weighted by atomic mass is 10.1. The van der Waals surface area contributed by atoms with Gasteiger partial charge in [-0.2, -0.15) is 0 Å². The quantitative estimate of drug-likeness (QED) is 0.914. The van der Waals surface area contributed by atoms with Gasteiger partial charge < -0.3 is 19.5 Å². The molecular weight excluding hydrogens is 272 g/mol. The van der Waals surface area contributed by atoms with Crippen LogP contribution in [0.1, 0.15) is 10.4 Å². The van der Waals surface area contributed by atoms with Crippen molar-refractivity contribution < 1.29 is 19.0 Å². The van der Waals surface area contributed by atoms with Crippen LogP contribution >= 0.6 is 0 Å². The molecule has 110 valence electrons. The van der Waals surface area contributed by atoms with Crippen LogP contribution in [0.4, 0.5) is 5.69 Å². The van der Waals surface area contributed by atoms with Crippen LogP contribution in [0.5, 0.6) is 17.4 Å². The first-order chi connectivity index (χ1) is 10.2. The van der Waals surface area contributed by atoms with E-state index in [-0.39, 0.29) is 5.91 Å². The van der Waals surface area contributed by atoms with Gasteiger partial charge in [-0.1, -0.05) is 6.07 Å². The maximum absolute atomic E-state index is 12.3. The molecule has 6 nitrogen and oxygen atoms in total. The number of ether oxygens (including phenoxy) is 3. The van der Waals surface area contributed by atoms with Crippen LogP contribution in [0.15, 0.2) is 36.5 Å². The number of nitrogens with one attached hydrogen (secondary N) is 1. The molecule has 0 saturated carbocycles. The minimum Gasteiger partial charge on any atom is -0.493 e. The van der Waals surface area contributed by atoms with Crippen molar-refractivity contribution in [3.05, 3.63) is 42.1 Å². The van der Waals surface area contributed by atoms with Crippen molar-refractivity contribution in [2.45, 2.75) is 0 Å². The van der Waals surface area contributed by atoms with Gasteiger partial charge in [0.05, 0.1) is 38.8 Å². The molecule has 1 N–H and O–H groups in total. The van der Waals surface area contributed by atoms with Crippen molar-refractivity contribution >= 4 is 11.6 Å². The normalized spacial score (nSPS) is 9.86. The number of nitrogens with zero attached hydrogens (tertiary/aromatic N) is 1. The topological polar surface area (TPSA) is 69.7 Å². The Morgan fingerprint density at radius 2 is 1.86 bits per heavy atom. The van der Waals surface area contributed by atoms with E-state index in [4.69, 9.17) is 14.2 Å². The molecular formula is C15H16N2O4. The molecule has 0 radical (unpaired) electrons. The zero-order chi connectivity index (χ0) is 15.2. The first kappa shape index (κ1) is 14.6. The largest absolute Gasteiger partial charge is 0.493 e. The lowest BCUT2D eigenvalue weighted by Crippen LogP contribution is -2.13. The molecule has 1 aromatic carbocycles. The van der Waals surface area contributed by atoms with Gasteiger partial charge in [0, 0.05) is 6.07 Å². The Morgan fingerprint density at radius 3 is 2.43 bits per heavy atom. The zero-order valence-corrected chi connectivity index (χ0v) is 12.0. The van der Waals surface area contributed by atoms with Gasteiger partial charge in [0.15, 0.2) is 11.5 Å². The minimum absolute atomic E-state index is 0.308. The predicted molar refractivity (Wildman–Crippen MR) is 78.3 cm³/mol. The number of rotatable bonds is 5. The molecule has 1 heterocycles. The van der Waals surface area contributed by atoms with E-state index in [1.807, 2.05) is 0 Å². The number of amides is 1. The lowest BCUT2D eigenvalue weighted by Gasteiger charge is -2.12. The fourth-order valence-corrected chi connectivity index (χ4v) is 1.84. The average Bonchev–Trinajstić information content (AvgIpc) is 2.54. The summed E-state index contributed by atoms with van der Waals surface area (Å²) in [4.78, 5) is 16.3. The SMILES string of the molecule is COc1ccc(NC(=O)c2cccc(OC)c2OC)cn1. The number of carbonyl (C=O) groups is 1. The van der Waals surface area contributed by atoms with Crippen molar-refractivity contribution in [1.29, 1.82) is 0 Å². The number of pyridine rings is 1. The fourth-order valence-electron chi connectivity index (χ4n) is 1.84. The predicted octanol–water partition coefficient (Wildman–Crippen LogP) is 2.36. The van der Waals surface area contributed by atoms with Crippen LogP contribution < -0.4 is 19.5 Å². The van der Waals surface area contributed by atoms with Gasteiger partial charge >= 0.3 is 0 Å². The summed E-state index contributed by atoms with van der Waals surface area (Å²) in [5.74, 6) is 1.06. The smallest absolute Gasteiger partial charge is 0.259 e. The Morgan fingerprint density at radius 1 is 1.05 bits per heavy atom. The molecule has 0 aliphatic heterocycles. The Kier molecular flexibility index (Phi) is 4.61.